The molecule has 6 rings (SSSR count). The molecule has 4 aromatic rings. The van der Waals surface area contributed by atoms with Gasteiger partial charge in [0, 0.05) is 42.6 Å². The van der Waals surface area contributed by atoms with Crippen LogP contribution in [-0.4, -0.2) is 41.5 Å². The van der Waals surface area contributed by atoms with Gasteiger partial charge >= 0.3 is 0 Å². The molecule has 0 N–H and O–H groups in total. The predicted octanol–water partition coefficient (Wildman–Crippen LogP) is 8.31. The van der Waals surface area contributed by atoms with E-state index in [1.165, 1.54) is 58.0 Å². The number of piperazine rings is 1. The normalized spacial score (nSPS) is 17.4. The Bertz CT molecular complexity index is 1330. The van der Waals surface area contributed by atoms with E-state index in [4.69, 9.17) is 16.3 Å². The van der Waals surface area contributed by atoms with Gasteiger partial charge in [0.25, 0.3) is 0 Å². The van der Waals surface area contributed by atoms with Gasteiger partial charge in [-0.15, -0.1) is 0 Å². The highest BCUT2D eigenvalue weighted by molar-refractivity contribution is 7.97. The molecule has 2 aliphatic rings. The van der Waals surface area contributed by atoms with Crippen LogP contribution in [0.15, 0.2) is 89.8 Å². The third-order valence-corrected chi connectivity index (χ3v) is 8.83. The van der Waals surface area contributed by atoms with Crippen molar-refractivity contribution in [3.8, 4) is 16.9 Å². The van der Waals surface area contributed by atoms with Gasteiger partial charge in [-0.05, 0) is 101 Å². The summed E-state index contributed by atoms with van der Waals surface area (Å²) >= 11 is 7.91. The van der Waals surface area contributed by atoms with Crippen molar-refractivity contribution >= 4 is 34.3 Å². The van der Waals surface area contributed by atoms with Crippen molar-refractivity contribution in [3.63, 3.8) is 0 Å². The summed E-state index contributed by atoms with van der Waals surface area (Å²) in [6, 6.07) is 30.3. The molecular weight excluding hydrogens is 496 g/mol. The van der Waals surface area contributed by atoms with E-state index < -0.39 is 0 Å². The first kappa shape index (κ1) is 24.8. The van der Waals surface area contributed by atoms with Crippen LogP contribution in [0.1, 0.15) is 31.2 Å². The van der Waals surface area contributed by atoms with Gasteiger partial charge < -0.3 is 4.74 Å². The van der Waals surface area contributed by atoms with Crippen molar-refractivity contribution in [1.29, 1.82) is 0 Å². The number of benzene rings is 4. The van der Waals surface area contributed by atoms with Crippen molar-refractivity contribution in [2.24, 2.45) is 0 Å². The maximum Gasteiger partial charge on any atom is 0.120 e. The molecule has 1 saturated carbocycles. The van der Waals surface area contributed by atoms with Gasteiger partial charge in [0.2, 0.25) is 0 Å². The maximum atomic E-state index is 6.20. The van der Waals surface area contributed by atoms with E-state index in [0.717, 1.165) is 43.5 Å². The molecule has 190 valence electrons. The Morgan fingerprint density at radius 3 is 2.11 bits per heavy atom. The molecule has 37 heavy (non-hydrogen) atoms. The Morgan fingerprint density at radius 2 is 1.38 bits per heavy atom. The molecule has 0 spiro atoms. The highest BCUT2D eigenvalue weighted by Gasteiger charge is 2.19. The third kappa shape index (κ3) is 6.32. The molecule has 3 nitrogen and oxygen atoms in total. The standard InChI is InChI=1S/C32H33ClN2OS/c33-29-13-9-26(10-14-29)25-7-5-24(6-8-25)23-34-17-19-35(20-18-34)37-32-16-12-27-21-31(15-11-28(27)22-32)36-30-3-1-2-4-30/h5-16,21-22,30H,1-4,17-20,23H2. The molecule has 0 atom stereocenters. The average Bonchev–Trinajstić information content (AvgIpc) is 3.44. The van der Waals surface area contributed by atoms with E-state index in [9.17, 15) is 0 Å². The lowest BCUT2D eigenvalue weighted by molar-refractivity contribution is 0.189. The quantitative estimate of drug-likeness (QED) is 0.224. The monoisotopic (exact) mass is 528 g/mol. The molecule has 1 heterocycles. The lowest BCUT2D eigenvalue weighted by Crippen LogP contribution is -2.42. The Labute approximate surface area is 229 Å². The summed E-state index contributed by atoms with van der Waals surface area (Å²) in [5, 5.41) is 3.31. The molecule has 0 aromatic heterocycles. The van der Waals surface area contributed by atoms with E-state index in [1.807, 2.05) is 24.1 Å². The minimum atomic E-state index is 0.402. The lowest BCUT2D eigenvalue weighted by atomic mass is 10.0. The molecule has 0 bridgehead atoms. The Morgan fingerprint density at radius 1 is 0.730 bits per heavy atom. The fraction of sp³-hybridized carbons (Fsp3) is 0.312. The van der Waals surface area contributed by atoms with Crippen LogP contribution in [-0.2, 0) is 6.54 Å². The van der Waals surface area contributed by atoms with Crippen LogP contribution >= 0.6 is 23.5 Å². The predicted molar refractivity (Wildman–Crippen MR) is 156 cm³/mol. The molecule has 1 aliphatic carbocycles. The summed E-state index contributed by atoms with van der Waals surface area (Å²) in [5.41, 5.74) is 3.80. The Hall–Kier alpha value is -2.50. The summed E-state index contributed by atoms with van der Waals surface area (Å²) in [4.78, 5) is 3.86. The number of hydrogen-bond donors (Lipinski definition) is 0. The van der Waals surface area contributed by atoms with Crippen molar-refractivity contribution in [1.82, 2.24) is 9.21 Å². The van der Waals surface area contributed by atoms with Crippen LogP contribution in [0.3, 0.4) is 0 Å². The Balaban J connectivity index is 1.00. The number of rotatable bonds is 7. The number of nitrogens with zero attached hydrogens (tertiary/aromatic N) is 2. The van der Waals surface area contributed by atoms with Crippen molar-refractivity contribution in [3.05, 3.63) is 95.5 Å². The van der Waals surface area contributed by atoms with Gasteiger partial charge in [-0.3, -0.25) is 4.90 Å². The Kier molecular flexibility index (Phi) is 7.70. The number of halogens is 1. The van der Waals surface area contributed by atoms with E-state index >= 15 is 0 Å². The first-order valence-corrected chi connectivity index (χ1v) is 14.5. The molecule has 0 unspecified atom stereocenters. The van der Waals surface area contributed by atoms with Crippen LogP contribution < -0.4 is 4.74 Å². The molecule has 1 saturated heterocycles. The minimum absolute atomic E-state index is 0.402. The topological polar surface area (TPSA) is 15.7 Å². The van der Waals surface area contributed by atoms with Gasteiger partial charge in [0.15, 0.2) is 0 Å². The number of ether oxygens (including phenoxy) is 1. The van der Waals surface area contributed by atoms with E-state index in [2.05, 4.69) is 82.0 Å². The zero-order valence-corrected chi connectivity index (χ0v) is 22.7. The van der Waals surface area contributed by atoms with Gasteiger partial charge in [-0.1, -0.05) is 60.1 Å². The van der Waals surface area contributed by atoms with E-state index in [1.54, 1.807) is 0 Å². The van der Waals surface area contributed by atoms with Crippen LogP contribution in [0.2, 0.25) is 5.02 Å². The average molecular weight is 529 g/mol. The molecule has 4 aromatic carbocycles. The first-order chi connectivity index (χ1) is 18.2. The largest absolute Gasteiger partial charge is 0.490 e. The molecule has 5 heteroatoms. The van der Waals surface area contributed by atoms with Gasteiger partial charge in [-0.2, -0.15) is 0 Å². The van der Waals surface area contributed by atoms with Gasteiger partial charge in [0.05, 0.1) is 6.10 Å². The molecule has 0 amide bonds. The van der Waals surface area contributed by atoms with Crippen LogP contribution in [0.5, 0.6) is 5.75 Å². The van der Waals surface area contributed by atoms with Crippen molar-refractivity contribution in [2.45, 2.75) is 43.2 Å². The highest BCUT2D eigenvalue weighted by Crippen LogP contribution is 2.31. The molecule has 1 aliphatic heterocycles. The smallest absolute Gasteiger partial charge is 0.120 e. The number of hydrogen-bond acceptors (Lipinski definition) is 4. The van der Waals surface area contributed by atoms with E-state index in [-0.39, 0.29) is 0 Å². The zero-order valence-electron chi connectivity index (χ0n) is 21.1. The summed E-state index contributed by atoms with van der Waals surface area (Å²) in [6.07, 6.45) is 5.38. The van der Waals surface area contributed by atoms with Crippen LogP contribution in [0.4, 0.5) is 0 Å². The summed E-state index contributed by atoms with van der Waals surface area (Å²) in [6.45, 7) is 5.31. The van der Waals surface area contributed by atoms with Crippen LogP contribution in [0.25, 0.3) is 21.9 Å². The van der Waals surface area contributed by atoms with Gasteiger partial charge in [0.1, 0.15) is 5.75 Å². The van der Waals surface area contributed by atoms with Crippen molar-refractivity contribution < 1.29 is 4.74 Å². The number of fused-ring (bicyclic) bond motifs is 1. The fourth-order valence-corrected chi connectivity index (χ4v) is 6.44. The maximum absolute atomic E-state index is 6.20. The highest BCUT2D eigenvalue weighted by atomic mass is 35.5. The molecule has 2 fully saturated rings. The zero-order chi connectivity index (χ0) is 25.0. The first-order valence-electron chi connectivity index (χ1n) is 13.4. The second-order valence-corrected chi connectivity index (χ2v) is 11.8. The van der Waals surface area contributed by atoms with Gasteiger partial charge in [-0.25, -0.2) is 4.31 Å². The van der Waals surface area contributed by atoms with E-state index in [0.29, 0.717) is 6.10 Å². The second kappa shape index (κ2) is 11.5. The van der Waals surface area contributed by atoms with Crippen molar-refractivity contribution in [2.75, 3.05) is 26.2 Å². The molecular formula is C32H33ClN2OS. The SMILES string of the molecule is Clc1ccc(-c2ccc(CN3CCN(Sc4ccc5cc(OC6CCCC6)ccc5c4)CC3)cc2)cc1. The summed E-state index contributed by atoms with van der Waals surface area (Å²) < 4.78 is 8.69. The third-order valence-electron chi connectivity index (χ3n) is 7.49. The summed E-state index contributed by atoms with van der Waals surface area (Å²) in [5.74, 6) is 1.01. The fourth-order valence-electron chi connectivity index (χ4n) is 5.36. The minimum Gasteiger partial charge on any atom is -0.490 e. The lowest BCUT2D eigenvalue weighted by Gasteiger charge is -2.33. The molecule has 0 radical (unpaired) electrons. The van der Waals surface area contributed by atoms with Crippen LogP contribution in [0, 0.1) is 0 Å². The second-order valence-electron chi connectivity index (χ2n) is 10.2. The summed E-state index contributed by atoms with van der Waals surface area (Å²) in [7, 11) is 0.